The van der Waals surface area contributed by atoms with Crippen LogP contribution in [-0.4, -0.2) is 10.7 Å². The average molecular weight is 499 g/mol. The summed E-state index contributed by atoms with van der Waals surface area (Å²) < 4.78 is 14.7. The Labute approximate surface area is 154 Å². The van der Waals surface area contributed by atoms with Gasteiger partial charge in [0.2, 0.25) is 0 Å². The van der Waals surface area contributed by atoms with Gasteiger partial charge in [-0.05, 0) is 41.8 Å². The first kappa shape index (κ1) is 17.5. The molecular weight excluding hydrogens is 486 g/mol. The lowest BCUT2D eigenvalue weighted by molar-refractivity contribution is 0.546. The molecule has 0 radical (unpaired) electrons. The van der Waals surface area contributed by atoms with Gasteiger partial charge >= 0.3 is 0 Å². The molecule has 2 aromatic rings. The quantitative estimate of drug-likeness (QED) is 0.412. The molecular formula is C16H13Br3ClF. The summed E-state index contributed by atoms with van der Waals surface area (Å²) in [6, 6.07) is 13.2. The summed E-state index contributed by atoms with van der Waals surface area (Å²) in [4.78, 5) is 0. The van der Waals surface area contributed by atoms with Gasteiger partial charge in [0.05, 0.1) is 5.02 Å². The molecule has 0 atom stereocenters. The van der Waals surface area contributed by atoms with Crippen molar-refractivity contribution >= 4 is 59.4 Å². The highest BCUT2D eigenvalue weighted by Gasteiger charge is 2.31. The van der Waals surface area contributed by atoms with Crippen LogP contribution in [0.2, 0.25) is 5.02 Å². The van der Waals surface area contributed by atoms with Gasteiger partial charge in [-0.3, -0.25) is 0 Å². The van der Waals surface area contributed by atoms with Crippen LogP contribution >= 0.6 is 59.4 Å². The van der Waals surface area contributed by atoms with E-state index in [-0.39, 0.29) is 16.3 Å². The molecule has 0 N–H and O–H groups in total. The van der Waals surface area contributed by atoms with Crippen molar-refractivity contribution in [1.82, 2.24) is 0 Å². The van der Waals surface area contributed by atoms with Gasteiger partial charge in [-0.25, -0.2) is 4.39 Å². The molecule has 0 aliphatic heterocycles. The minimum Gasteiger partial charge on any atom is -0.205 e. The van der Waals surface area contributed by atoms with Crippen molar-refractivity contribution in [3.8, 4) is 0 Å². The zero-order valence-corrected chi connectivity index (χ0v) is 16.6. The fraction of sp³-hybridized carbons (Fsp3) is 0.250. The first-order valence-electron chi connectivity index (χ1n) is 6.33. The third kappa shape index (κ3) is 4.10. The molecule has 0 aromatic heterocycles. The monoisotopic (exact) mass is 496 g/mol. The average Bonchev–Trinajstić information content (AvgIpc) is 2.48. The predicted molar refractivity (Wildman–Crippen MR) is 98.5 cm³/mol. The number of halogens is 5. The Bertz CT molecular complexity index is 627. The van der Waals surface area contributed by atoms with E-state index in [2.05, 4.69) is 59.9 Å². The van der Waals surface area contributed by atoms with E-state index in [1.54, 1.807) is 6.07 Å². The highest BCUT2D eigenvalue weighted by molar-refractivity contribution is 9.10. The number of hydrogen-bond acceptors (Lipinski definition) is 0. The van der Waals surface area contributed by atoms with Gasteiger partial charge in [-0.1, -0.05) is 77.6 Å². The maximum Gasteiger partial charge on any atom is 0.142 e. The summed E-state index contributed by atoms with van der Waals surface area (Å²) in [7, 11) is 0. The van der Waals surface area contributed by atoms with Crippen LogP contribution in [0.1, 0.15) is 11.1 Å². The van der Waals surface area contributed by atoms with Crippen molar-refractivity contribution in [2.75, 3.05) is 10.7 Å². The van der Waals surface area contributed by atoms with Gasteiger partial charge in [-0.2, -0.15) is 0 Å². The van der Waals surface area contributed by atoms with Crippen LogP contribution in [0.4, 0.5) is 4.39 Å². The number of rotatable bonds is 5. The molecule has 2 rings (SSSR count). The van der Waals surface area contributed by atoms with Gasteiger partial charge in [-0.15, -0.1) is 0 Å². The number of benzene rings is 2. The summed E-state index contributed by atoms with van der Waals surface area (Å²) in [5, 5.41) is 1.70. The Balaban J connectivity index is 2.40. The van der Waals surface area contributed by atoms with E-state index < -0.39 is 0 Å². The molecule has 5 heteroatoms. The Morgan fingerprint density at radius 3 is 2.33 bits per heavy atom. The molecule has 0 nitrogen and oxygen atoms in total. The molecule has 0 heterocycles. The van der Waals surface area contributed by atoms with E-state index in [0.29, 0.717) is 6.42 Å². The van der Waals surface area contributed by atoms with Crippen molar-refractivity contribution < 1.29 is 4.39 Å². The fourth-order valence-electron chi connectivity index (χ4n) is 2.25. The van der Waals surface area contributed by atoms with E-state index in [9.17, 15) is 4.39 Å². The maximum atomic E-state index is 13.7. The molecule has 2 aromatic carbocycles. The summed E-state index contributed by atoms with van der Waals surface area (Å²) in [6.07, 6.45) is 0.716. The van der Waals surface area contributed by atoms with Crippen LogP contribution in [0.15, 0.2) is 46.9 Å². The lowest BCUT2D eigenvalue weighted by atomic mass is 9.79. The van der Waals surface area contributed by atoms with E-state index in [1.807, 2.05) is 18.2 Å². The third-order valence-corrected chi connectivity index (χ3v) is 6.42. The SMILES string of the molecule is Fc1cc(CC(CBr)(CBr)c2cccc(Br)c2)ccc1Cl. The van der Waals surface area contributed by atoms with Crippen LogP contribution in [-0.2, 0) is 11.8 Å². The van der Waals surface area contributed by atoms with Crippen molar-refractivity contribution in [3.63, 3.8) is 0 Å². The Morgan fingerprint density at radius 2 is 1.76 bits per heavy atom. The van der Waals surface area contributed by atoms with Crippen molar-refractivity contribution in [3.05, 3.63) is 68.9 Å². The Morgan fingerprint density at radius 1 is 1.05 bits per heavy atom. The van der Waals surface area contributed by atoms with E-state index in [1.165, 1.54) is 11.6 Å². The Kier molecular flexibility index (Phi) is 6.30. The molecule has 0 saturated heterocycles. The molecule has 0 amide bonds. The van der Waals surface area contributed by atoms with E-state index >= 15 is 0 Å². The van der Waals surface area contributed by atoms with Gasteiger partial charge in [0.1, 0.15) is 5.82 Å². The largest absolute Gasteiger partial charge is 0.205 e. The topological polar surface area (TPSA) is 0 Å². The molecule has 0 unspecified atom stereocenters. The number of alkyl halides is 2. The summed E-state index contributed by atoms with van der Waals surface area (Å²) in [6.45, 7) is 0. The normalized spacial score (nSPS) is 11.7. The van der Waals surface area contributed by atoms with E-state index in [0.717, 1.165) is 20.7 Å². The fourth-order valence-corrected chi connectivity index (χ4v) is 4.73. The van der Waals surface area contributed by atoms with Crippen molar-refractivity contribution in [2.45, 2.75) is 11.8 Å². The van der Waals surface area contributed by atoms with Crippen molar-refractivity contribution in [2.24, 2.45) is 0 Å². The Hall–Kier alpha value is 0.1000. The molecule has 0 fully saturated rings. The lowest BCUT2D eigenvalue weighted by Crippen LogP contribution is -2.33. The van der Waals surface area contributed by atoms with Crippen LogP contribution in [0.25, 0.3) is 0 Å². The standard InChI is InChI=1S/C16H13Br3ClF/c17-9-16(10-18,12-2-1-3-13(19)7-12)8-11-4-5-14(20)15(21)6-11/h1-7H,8-10H2. The highest BCUT2D eigenvalue weighted by Crippen LogP contribution is 2.34. The molecule has 112 valence electrons. The number of hydrogen-bond donors (Lipinski definition) is 0. The lowest BCUT2D eigenvalue weighted by Gasteiger charge is -2.31. The third-order valence-electron chi connectivity index (χ3n) is 3.48. The first-order chi connectivity index (χ1) is 10.0. The van der Waals surface area contributed by atoms with Crippen LogP contribution in [0.3, 0.4) is 0 Å². The van der Waals surface area contributed by atoms with Crippen LogP contribution in [0.5, 0.6) is 0 Å². The summed E-state index contributed by atoms with van der Waals surface area (Å²) in [5.74, 6) is -0.374. The highest BCUT2D eigenvalue weighted by atomic mass is 79.9. The van der Waals surface area contributed by atoms with Gasteiger partial charge in [0.25, 0.3) is 0 Å². The molecule has 21 heavy (non-hydrogen) atoms. The smallest absolute Gasteiger partial charge is 0.142 e. The van der Waals surface area contributed by atoms with E-state index in [4.69, 9.17) is 11.6 Å². The molecule has 0 aliphatic rings. The van der Waals surface area contributed by atoms with Crippen LogP contribution < -0.4 is 0 Å². The molecule has 0 spiro atoms. The molecule has 0 aliphatic carbocycles. The first-order valence-corrected chi connectivity index (χ1v) is 9.74. The zero-order chi connectivity index (χ0) is 15.5. The van der Waals surface area contributed by atoms with Crippen LogP contribution in [0, 0.1) is 5.82 Å². The summed E-state index contributed by atoms with van der Waals surface area (Å²) in [5.41, 5.74) is 1.97. The maximum absolute atomic E-state index is 13.7. The van der Waals surface area contributed by atoms with Crippen molar-refractivity contribution in [1.29, 1.82) is 0 Å². The molecule has 0 saturated carbocycles. The second-order valence-corrected chi connectivity index (χ2v) is 7.43. The predicted octanol–water partition coefficient (Wildman–Crippen LogP) is 6.51. The minimum absolute atomic E-state index is 0.149. The minimum atomic E-state index is -0.374. The van der Waals surface area contributed by atoms with Gasteiger partial charge in [0.15, 0.2) is 0 Å². The zero-order valence-electron chi connectivity index (χ0n) is 11.1. The van der Waals surface area contributed by atoms with Gasteiger partial charge < -0.3 is 0 Å². The second-order valence-electron chi connectivity index (χ2n) is 4.98. The summed E-state index contributed by atoms with van der Waals surface area (Å²) >= 11 is 16.5. The van der Waals surface area contributed by atoms with Gasteiger partial charge in [0, 0.05) is 20.5 Å². The molecule has 0 bridgehead atoms. The second kappa shape index (κ2) is 7.58.